The summed E-state index contributed by atoms with van der Waals surface area (Å²) in [6, 6.07) is 1.02. The van der Waals surface area contributed by atoms with Gasteiger partial charge in [0.05, 0.1) is 59.0 Å². The molecule has 0 saturated heterocycles. The van der Waals surface area contributed by atoms with Crippen molar-refractivity contribution in [3.63, 3.8) is 0 Å². The summed E-state index contributed by atoms with van der Waals surface area (Å²) in [6.07, 6.45) is 7.14. The van der Waals surface area contributed by atoms with Gasteiger partial charge < -0.3 is 15.4 Å². The average molecular weight is 448 g/mol. The van der Waals surface area contributed by atoms with Crippen LogP contribution < -0.4 is 10.6 Å². The van der Waals surface area contributed by atoms with E-state index in [1.165, 1.54) is 34.1 Å². The molecule has 0 aromatic carbocycles. The van der Waals surface area contributed by atoms with Gasteiger partial charge in [0.2, 0.25) is 0 Å². The Bertz CT molecular complexity index is 1210. The van der Waals surface area contributed by atoms with E-state index in [1.807, 2.05) is 6.92 Å². The van der Waals surface area contributed by atoms with Crippen LogP contribution in [0.15, 0.2) is 37.1 Å². The van der Waals surface area contributed by atoms with Crippen molar-refractivity contribution in [3.05, 3.63) is 52.8 Å². The standard InChI is InChI=1S/C17H15Cl2N9O2/c1-9(30-2)14-12(7-23-27-8-13(19)26-16(14)27)25-17(29)24-10-5-11(18)15(20-6-10)28-21-3-4-22-28/h3-9H,1-2H3,(H2,24,25,29)/t9-/m0/s1. The third-order valence-electron chi connectivity index (χ3n) is 4.20. The zero-order valence-corrected chi connectivity index (χ0v) is 17.3. The number of ether oxygens (including phenoxy) is 1. The number of fused-ring (bicyclic) bond motifs is 1. The second-order valence-electron chi connectivity index (χ2n) is 6.11. The van der Waals surface area contributed by atoms with Crippen molar-refractivity contribution in [1.82, 2.24) is 34.6 Å². The second kappa shape index (κ2) is 8.22. The predicted molar refractivity (Wildman–Crippen MR) is 110 cm³/mol. The van der Waals surface area contributed by atoms with Gasteiger partial charge in [-0.25, -0.2) is 19.3 Å². The summed E-state index contributed by atoms with van der Waals surface area (Å²) in [7, 11) is 1.56. The van der Waals surface area contributed by atoms with E-state index in [0.29, 0.717) is 28.4 Å². The average Bonchev–Trinajstić information content (AvgIpc) is 3.36. The molecule has 0 bridgehead atoms. The highest BCUT2D eigenvalue weighted by atomic mass is 35.5. The number of nitrogens with zero attached hydrogens (tertiary/aromatic N) is 7. The molecule has 4 aromatic rings. The minimum Gasteiger partial charge on any atom is -0.377 e. The normalized spacial score (nSPS) is 12.1. The van der Waals surface area contributed by atoms with E-state index < -0.39 is 6.03 Å². The van der Waals surface area contributed by atoms with Crippen molar-refractivity contribution in [1.29, 1.82) is 0 Å². The molecule has 0 radical (unpaired) electrons. The van der Waals surface area contributed by atoms with Crippen molar-refractivity contribution < 1.29 is 9.53 Å². The van der Waals surface area contributed by atoms with E-state index in [4.69, 9.17) is 27.9 Å². The third kappa shape index (κ3) is 3.90. The number of urea groups is 1. The van der Waals surface area contributed by atoms with Gasteiger partial charge in [-0.05, 0) is 13.0 Å². The summed E-state index contributed by atoms with van der Waals surface area (Å²) < 4.78 is 6.94. The Morgan fingerprint density at radius 3 is 2.63 bits per heavy atom. The maximum atomic E-state index is 12.6. The molecule has 0 aliphatic rings. The van der Waals surface area contributed by atoms with E-state index in [1.54, 1.807) is 19.4 Å². The van der Waals surface area contributed by atoms with Crippen molar-refractivity contribution in [2.75, 3.05) is 17.7 Å². The number of hydrogen-bond donors (Lipinski definition) is 2. The van der Waals surface area contributed by atoms with Gasteiger partial charge in [0.1, 0.15) is 5.15 Å². The fourth-order valence-corrected chi connectivity index (χ4v) is 3.21. The number of amides is 2. The molecule has 4 rings (SSSR count). The number of nitrogens with one attached hydrogen (secondary N) is 2. The van der Waals surface area contributed by atoms with Crippen molar-refractivity contribution in [3.8, 4) is 5.82 Å². The maximum absolute atomic E-state index is 12.6. The van der Waals surface area contributed by atoms with Crippen LogP contribution in [0.25, 0.3) is 11.5 Å². The number of imidazole rings is 1. The number of carbonyl (C=O) groups excluding carboxylic acids is 1. The van der Waals surface area contributed by atoms with Crippen LogP contribution in [0.4, 0.5) is 16.2 Å². The molecule has 0 fully saturated rings. The molecule has 2 N–H and O–H groups in total. The van der Waals surface area contributed by atoms with Crippen LogP contribution in [0.3, 0.4) is 0 Å². The van der Waals surface area contributed by atoms with E-state index >= 15 is 0 Å². The molecule has 0 aliphatic heterocycles. The molecular formula is C17H15Cl2N9O2. The Balaban J connectivity index is 1.57. The van der Waals surface area contributed by atoms with Gasteiger partial charge in [0.15, 0.2) is 11.5 Å². The lowest BCUT2D eigenvalue weighted by molar-refractivity contribution is 0.120. The number of methoxy groups -OCH3 is 1. The number of aromatic nitrogens is 7. The highest BCUT2D eigenvalue weighted by Crippen LogP contribution is 2.29. The molecule has 0 saturated carbocycles. The van der Waals surface area contributed by atoms with Crippen LogP contribution in [0.1, 0.15) is 18.6 Å². The van der Waals surface area contributed by atoms with E-state index in [2.05, 4.69) is 35.9 Å². The molecule has 154 valence electrons. The molecular weight excluding hydrogens is 433 g/mol. The zero-order valence-electron chi connectivity index (χ0n) is 15.7. The lowest BCUT2D eigenvalue weighted by atomic mass is 10.1. The fraction of sp³-hybridized carbons (Fsp3) is 0.176. The summed E-state index contributed by atoms with van der Waals surface area (Å²) in [4.78, 5) is 22.3. The van der Waals surface area contributed by atoms with Crippen LogP contribution in [0.2, 0.25) is 10.2 Å². The molecule has 2 amide bonds. The number of halogens is 2. The molecule has 1 atom stereocenters. The SMILES string of the molecule is CO[C@@H](C)c1c(NC(=O)Nc2cnc(-n3nccn3)c(Cl)c2)cnn2cc(Cl)nc12. The summed E-state index contributed by atoms with van der Waals surface area (Å²) >= 11 is 12.2. The number of rotatable bonds is 5. The Hall–Kier alpha value is -3.28. The number of hydrogen-bond acceptors (Lipinski definition) is 7. The van der Waals surface area contributed by atoms with E-state index in [0.717, 1.165) is 0 Å². The first-order valence-corrected chi connectivity index (χ1v) is 9.38. The maximum Gasteiger partial charge on any atom is 0.323 e. The Labute approximate surface area is 180 Å². The molecule has 0 unspecified atom stereocenters. The van der Waals surface area contributed by atoms with Crippen molar-refractivity contribution >= 4 is 46.3 Å². The number of pyridine rings is 1. The molecule has 11 nitrogen and oxygen atoms in total. The number of anilines is 2. The molecule has 13 heteroatoms. The summed E-state index contributed by atoms with van der Waals surface area (Å²) in [5.74, 6) is 0.342. The molecule has 0 aliphatic carbocycles. The highest BCUT2D eigenvalue weighted by molar-refractivity contribution is 6.32. The van der Waals surface area contributed by atoms with Gasteiger partial charge in [0, 0.05) is 7.11 Å². The quantitative estimate of drug-likeness (QED) is 0.480. The van der Waals surface area contributed by atoms with Crippen LogP contribution in [-0.2, 0) is 4.74 Å². The van der Waals surface area contributed by atoms with Gasteiger partial charge in [-0.3, -0.25) is 0 Å². The van der Waals surface area contributed by atoms with Crippen LogP contribution >= 0.6 is 23.2 Å². The first kappa shape index (κ1) is 20.0. The fourth-order valence-electron chi connectivity index (χ4n) is 2.80. The molecule has 30 heavy (non-hydrogen) atoms. The van der Waals surface area contributed by atoms with Crippen LogP contribution in [-0.4, -0.2) is 47.7 Å². The smallest absolute Gasteiger partial charge is 0.323 e. The molecule has 4 heterocycles. The zero-order chi connectivity index (χ0) is 21.3. The van der Waals surface area contributed by atoms with Crippen molar-refractivity contribution in [2.45, 2.75) is 13.0 Å². The summed E-state index contributed by atoms with van der Waals surface area (Å²) in [5, 5.41) is 18.1. The minimum atomic E-state index is -0.522. The monoisotopic (exact) mass is 447 g/mol. The lowest BCUT2D eigenvalue weighted by Gasteiger charge is -2.16. The minimum absolute atomic E-state index is 0.271. The lowest BCUT2D eigenvalue weighted by Crippen LogP contribution is -2.22. The first-order chi connectivity index (χ1) is 14.5. The molecule has 0 spiro atoms. The van der Waals surface area contributed by atoms with E-state index in [-0.39, 0.29) is 16.3 Å². The Kier molecular flexibility index (Phi) is 5.48. The van der Waals surface area contributed by atoms with Crippen LogP contribution in [0.5, 0.6) is 0 Å². The first-order valence-electron chi connectivity index (χ1n) is 8.63. The summed E-state index contributed by atoms with van der Waals surface area (Å²) in [6.45, 7) is 1.83. The number of carbonyl (C=O) groups is 1. The van der Waals surface area contributed by atoms with Gasteiger partial charge in [-0.1, -0.05) is 23.2 Å². The summed E-state index contributed by atoms with van der Waals surface area (Å²) in [5.41, 5.74) is 1.92. The van der Waals surface area contributed by atoms with E-state index in [9.17, 15) is 4.79 Å². The predicted octanol–water partition coefficient (Wildman–Crippen LogP) is 3.36. The third-order valence-corrected chi connectivity index (χ3v) is 4.66. The highest BCUT2D eigenvalue weighted by Gasteiger charge is 2.19. The van der Waals surface area contributed by atoms with Crippen LogP contribution in [0, 0.1) is 0 Å². The largest absolute Gasteiger partial charge is 0.377 e. The van der Waals surface area contributed by atoms with Gasteiger partial charge >= 0.3 is 6.03 Å². The van der Waals surface area contributed by atoms with Gasteiger partial charge in [-0.15, -0.1) is 4.80 Å². The van der Waals surface area contributed by atoms with Crippen molar-refractivity contribution in [2.24, 2.45) is 0 Å². The Morgan fingerprint density at radius 2 is 1.93 bits per heavy atom. The molecule has 4 aromatic heterocycles. The second-order valence-corrected chi connectivity index (χ2v) is 6.90. The Morgan fingerprint density at radius 1 is 1.17 bits per heavy atom. The van der Waals surface area contributed by atoms with Gasteiger partial charge in [0.25, 0.3) is 0 Å². The van der Waals surface area contributed by atoms with Gasteiger partial charge in [-0.2, -0.15) is 15.3 Å². The topological polar surface area (TPSA) is 124 Å².